The van der Waals surface area contributed by atoms with Gasteiger partial charge in [0.15, 0.2) is 0 Å². The number of benzene rings is 2. The molecule has 4 nitrogen and oxygen atoms in total. The van der Waals surface area contributed by atoms with Gasteiger partial charge in [0, 0.05) is 29.9 Å². The molecule has 26 heavy (non-hydrogen) atoms. The van der Waals surface area contributed by atoms with E-state index in [4.69, 9.17) is 9.97 Å². The molecule has 4 heteroatoms. The Balaban J connectivity index is 1.80. The predicted molar refractivity (Wildman–Crippen MR) is 108 cm³/mol. The number of nitrogens with one attached hydrogen (secondary N) is 1. The van der Waals surface area contributed by atoms with Crippen LogP contribution in [0.15, 0.2) is 60.7 Å². The molecular weight excluding hydrogens is 320 g/mol. The van der Waals surface area contributed by atoms with Crippen LogP contribution in [0.4, 0.5) is 17.5 Å². The van der Waals surface area contributed by atoms with Crippen molar-refractivity contribution < 1.29 is 0 Å². The van der Waals surface area contributed by atoms with Crippen molar-refractivity contribution in [1.82, 2.24) is 9.97 Å². The summed E-state index contributed by atoms with van der Waals surface area (Å²) >= 11 is 0. The molecule has 4 rings (SSSR count). The third-order valence-electron chi connectivity index (χ3n) is 4.76. The number of hydrogen-bond donors (Lipinski definition) is 1. The minimum atomic E-state index is 0.345. The van der Waals surface area contributed by atoms with Crippen molar-refractivity contribution in [2.45, 2.75) is 32.7 Å². The summed E-state index contributed by atoms with van der Waals surface area (Å²) in [6.07, 6.45) is 2.08. The topological polar surface area (TPSA) is 41.1 Å². The first-order valence-corrected chi connectivity index (χ1v) is 9.32. The summed E-state index contributed by atoms with van der Waals surface area (Å²) in [6, 6.07) is 21.2. The summed E-state index contributed by atoms with van der Waals surface area (Å²) in [6.45, 7) is 5.29. The van der Waals surface area contributed by atoms with Gasteiger partial charge in [0.05, 0.1) is 5.69 Å². The molecule has 2 heterocycles. The van der Waals surface area contributed by atoms with Crippen LogP contribution in [0.5, 0.6) is 0 Å². The number of hydrogen-bond acceptors (Lipinski definition) is 4. The lowest BCUT2D eigenvalue weighted by Crippen LogP contribution is -2.26. The maximum atomic E-state index is 4.92. The Morgan fingerprint density at radius 2 is 1.81 bits per heavy atom. The molecular formula is C22H24N4. The fourth-order valence-corrected chi connectivity index (χ4v) is 3.51. The molecule has 1 aliphatic rings. The highest BCUT2D eigenvalue weighted by Crippen LogP contribution is 2.37. The fourth-order valence-electron chi connectivity index (χ4n) is 3.51. The van der Waals surface area contributed by atoms with E-state index in [9.17, 15) is 0 Å². The Bertz CT molecular complexity index is 892. The molecule has 0 radical (unpaired) electrons. The van der Waals surface area contributed by atoms with Gasteiger partial charge in [-0.1, -0.05) is 55.5 Å². The number of nitrogens with zero attached hydrogens (tertiary/aromatic N) is 3. The summed E-state index contributed by atoms with van der Waals surface area (Å²) in [5.41, 5.74) is 4.63. The number of para-hydroxylation sites is 1. The van der Waals surface area contributed by atoms with E-state index in [0.717, 1.165) is 42.4 Å². The zero-order valence-corrected chi connectivity index (χ0v) is 15.3. The molecule has 1 atom stereocenters. The first kappa shape index (κ1) is 16.6. The molecule has 1 N–H and O–H groups in total. The van der Waals surface area contributed by atoms with Crippen molar-refractivity contribution >= 4 is 17.5 Å². The molecule has 1 aromatic heterocycles. The highest BCUT2D eigenvalue weighted by Gasteiger charge is 2.29. The van der Waals surface area contributed by atoms with Crippen LogP contribution < -0.4 is 10.2 Å². The van der Waals surface area contributed by atoms with Gasteiger partial charge in [-0.2, -0.15) is 4.98 Å². The summed E-state index contributed by atoms with van der Waals surface area (Å²) in [7, 11) is 0. The highest BCUT2D eigenvalue weighted by molar-refractivity contribution is 5.71. The Hall–Kier alpha value is -2.88. The Labute approximate surface area is 154 Å². The second-order valence-corrected chi connectivity index (χ2v) is 6.78. The van der Waals surface area contributed by atoms with Crippen LogP contribution in [0, 0.1) is 0 Å². The van der Waals surface area contributed by atoms with Gasteiger partial charge >= 0.3 is 0 Å². The minimum Gasteiger partial charge on any atom is -0.370 e. The van der Waals surface area contributed by atoms with Gasteiger partial charge in [0.25, 0.3) is 0 Å². The summed E-state index contributed by atoms with van der Waals surface area (Å²) in [5, 5.41) is 3.43. The third-order valence-corrected chi connectivity index (χ3v) is 4.76. The Morgan fingerprint density at radius 3 is 2.62 bits per heavy atom. The van der Waals surface area contributed by atoms with Crippen LogP contribution in [0.3, 0.4) is 0 Å². The SMILES string of the molecule is CCCNc1cc(-c2ccccc2)nc(N2c3ccccc3CC2C)n1. The predicted octanol–water partition coefficient (Wildman–Crippen LogP) is 5.05. The van der Waals surface area contributed by atoms with E-state index < -0.39 is 0 Å². The smallest absolute Gasteiger partial charge is 0.232 e. The van der Waals surface area contributed by atoms with Crippen LogP contribution in [0.2, 0.25) is 0 Å². The van der Waals surface area contributed by atoms with Crippen LogP contribution in [-0.4, -0.2) is 22.6 Å². The molecule has 3 aromatic rings. The van der Waals surface area contributed by atoms with E-state index >= 15 is 0 Å². The molecule has 2 aromatic carbocycles. The van der Waals surface area contributed by atoms with Crippen LogP contribution in [0.1, 0.15) is 25.8 Å². The van der Waals surface area contributed by atoms with E-state index in [0.29, 0.717) is 6.04 Å². The molecule has 132 valence electrons. The van der Waals surface area contributed by atoms with Crippen LogP contribution >= 0.6 is 0 Å². The number of fused-ring (bicyclic) bond motifs is 1. The standard InChI is InChI=1S/C22H24N4/c1-3-13-23-21-15-19(17-9-5-4-6-10-17)24-22(25-21)26-16(2)14-18-11-7-8-12-20(18)26/h4-12,15-16H,3,13-14H2,1-2H3,(H,23,24,25). The maximum absolute atomic E-state index is 4.92. The molecule has 0 amide bonds. The zero-order chi connectivity index (χ0) is 17.9. The Kier molecular flexibility index (Phi) is 4.57. The minimum absolute atomic E-state index is 0.345. The molecule has 0 bridgehead atoms. The lowest BCUT2D eigenvalue weighted by atomic mass is 10.1. The van der Waals surface area contributed by atoms with Crippen LogP contribution in [0.25, 0.3) is 11.3 Å². The molecule has 0 spiro atoms. The van der Waals surface area contributed by atoms with Crippen molar-refractivity contribution in [3.63, 3.8) is 0 Å². The van der Waals surface area contributed by atoms with Crippen molar-refractivity contribution in [2.24, 2.45) is 0 Å². The van der Waals surface area contributed by atoms with Gasteiger partial charge in [-0.05, 0) is 31.4 Å². The second kappa shape index (κ2) is 7.16. The number of anilines is 3. The van der Waals surface area contributed by atoms with E-state index in [1.54, 1.807) is 0 Å². The van der Waals surface area contributed by atoms with E-state index in [-0.39, 0.29) is 0 Å². The Morgan fingerprint density at radius 1 is 1.04 bits per heavy atom. The van der Waals surface area contributed by atoms with Gasteiger partial charge in [0.2, 0.25) is 5.95 Å². The van der Waals surface area contributed by atoms with Gasteiger partial charge in [-0.15, -0.1) is 0 Å². The third kappa shape index (κ3) is 3.15. The summed E-state index contributed by atoms with van der Waals surface area (Å²) in [5.74, 6) is 1.65. The first-order chi connectivity index (χ1) is 12.8. The van der Waals surface area contributed by atoms with Gasteiger partial charge in [0.1, 0.15) is 5.82 Å². The number of aromatic nitrogens is 2. The largest absolute Gasteiger partial charge is 0.370 e. The molecule has 0 saturated heterocycles. The van der Waals surface area contributed by atoms with E-state index in [1.807, 2.05) is 24.3 Å². The average molecular weight is 344 g/mol. The van der Waals surface area contributed by atoms with Crippen molar-refractivity contribution in [3.8, 4) is 11.3 Å². The summed E-state index contributed by atoms with van der Waals surface area (Å²) in [4.78, 5) is 12.0. The fraction of sp³-hybridized carbons (Fsp3) is 0.273. The summed E-state index contributed by atoms with van der Waals surface area (Å²) < 4.78 is 0. The normalized spacial score (nSPS) is 15.8. The van der Waals surface area contributed by atoms with E-state index in [1.165, 1.54) is 11.3 Å². The second-order valence-electron chi connectivity index (χ2n) is 6.78. The molecule has 0 aliphatic carbocycles. The van der Waals surface area contributed by atoms with Crippen molar-refractivity contribution in [1.29, 1.82) is 0 Å². The van der Waals surface area contributed by atoms with Crippen molar-refractivity contribution in [2.75, 3.05) is 16.8 Å². The van der Waals surface area contributed by atoms with Crippen LogP contribution in [-0.2, 0) is 6.42 Å². The lowest BCUT2D eigenvalue weighted by Gasteiger charge is -2.24. The molecule has 1 aliphatic heterocycles. The molecule has 0 saturated carbocycles. The molecule has 1 unspecified atom stereocenters. The van der Waals surface area contributed by atoms with Gasteiger partial charge in [-0.25, -0.2) is 4.98 Å². The van der Waals surface area contributed by atoms with Crippen molar-refractivity contribution in [3.05, 3.63) is 66.2 Å². The number of rotatable bonds is 5. The average Bonchev–Trinajstić information content (AvgIpc) is 3.02. The quantitative estimate of drug-likeness (QED) is 0.703. The van der Waals surface area contributed by atoms with E-state index in [2.05, 4.69) is 60.5 Å². The highest BCUT2D eigenvalue weighted by atomic mass is 15.3. The lowest BCUT2D eigenvalue weighted by molar-refractivity contribution is 0.740. The van der Waals surface area contributed by atoms with Gasteiger partial charge < -0.3 is 10.2 Å². The maximum Gasteiger partial charge on any atom is 0.232 e. The first-order valence-electron chi connectivity index (χ1n) is 9.32. The zero-order valence-electron chi connectivity index (χ0n) is 15.3. The monoisotopic (exact) mass is 344 g/mol. The molecule has 0 fully saturated rings. The van der Waals surface area contributed by atoms with Gasteiger partial charge in [-0.3, -0.25) is 0 Å².